The van der Waals surface area contributed by atoms with E-state index in [0.717, 1.165) is 54.4 Å². The zero-order chi connectivity index (χ0) is 37.3. The molecule has 1 aliphatic heterocycles. The maximum Gasteiger partial charge on any atom is 0.451 e. The highest BCUT2D eigenvalue weighted by atomic mass is 32.2. The first-order chi connectivity index (χ1) is 24.6. The first-order valence-corrected chi connectivity index (χ1v) is 22.3. The summed E-state index contributed by atoms with van der Waals surface area (Å²) in [5, 5.41) is 15.4. The number of nitrogens with zero attached hydrogens (tertiary/aromatic N) is 9. The molecule has 280 valence electrons. The van der Waals surface area contributed by atoms with Crippen LogP contribution in [0.25, 0.3) is 22.3 Å². The molecule has 0 aromatic carbocycles. The lowest BCUT2D eigenvalue weighted by Gasteiger charge is -2.53. The van der Waals surface area contributed by atoms with Crippen LogP contribution in [0.15, 0.2) is 37.1 Å². The smallest absolute Gasteiger partial charge is 0.451 e. The van der Waals surface area contributed by atoms with Crippen LogP contribution < -0.4 is 4.74 Å². The van der Waals surface area contributed by atoms with Crippen LogP contribution in [0.4, 0.5) is 13.2 Å². The standard InChI is InChI=1S/C33H42F3N9O5SSi/c1-48-51(46,47)18-24-15-28(42-31(41-24)33(34,35)36)50-26-7-5-25(6-8-26)44-19-32(20-44,10-11-37)45-17-23(16-40-45)29-27-9-12-43(30(27)39-21-38-29)22-49-13-14-52(2,3)4/h9,12,15-17,21,25-26H,5-8,10,13-14,18-20,22H2,1-4H3. The van der Waals surface area contributed by atoms with Crippen molar-refractivity contribution in [1.29, 1.82) is 5.26 Å². The zero-order valence-corrected chi connectivity index (χ0v) is 31.3. The van der Waals surface area contributed by atoms with Crippen molar-refractivity contribution < 1.29 is 35.2 Å². The minimum Gasteiger partial charge on any atom is -0.474 e. The Morgan fingerprint density at radius 3 is 2.54 bits per heavy atom. The normalized spacial score (nSPS) is 19.7. The van der Waals surface area contributed by atoms with E-state index in [1.807, 2.05) is 27.7 Å². The molecule has 14 nitrogen and oxygen atoms in total. The van der Waals surface area contributed by atoms with Gasteiger partial charge >= 0.3 is 6.18 Å². The zero-order valence-electron chi connectivity index (χ0n) is 29.5. The minimum absolute atomic E-state index is 0.189. The van der Waals surface area contributed by atoms with Gasteiger partial charge in [0.2, 0.25) is 11.7 Å². The van der Waals surface area contributed by atoms with E-state index in [2.05, 4.69) is 54.7 Å². The highest BCUT2D eigenvalue weighted by Crippen LogP contribution is 2.39. The van der Waals surface area contributed by atoms with Crippen molar-refractivity contribution in [2.24, 2.45) is 0 Å². The molecule has 5 heterocycles. The number of nitriles is 1. The van der Waals surface area contributed by atoms with Crippen molar-refractivity contribution in [2.75, 3.05) is 26.8 Å². The van der Waals surface area contributed by atoms with Crippen molar-refractivity contribution in [2.45, 2.75) is 94.1 Å². The highest BCUT2D eigenvalue weighted by Gasteiger charge is 2.48. The van der Waals surface area contributed by atoms with Gasteiger partial charge in [-0.25, -0.2) is 15.0 Å². The number of rotatable bonds is 14. The monoisotopic (exact) mass is 761 g/mol. The molecule has 1 aliphatic carbocycles. The third kappa shape index (κ3) is 8.63. The quantitative estimate of drug-likeness (QED) is 0.0939. The van der Waals surface area contributed by atoms with Crippen LogP contribution in [0.5, 0.6) is 5.88 Å². The SMILES string of the molecule is COS(=O)(=O)Cc1cc(OC2CCC(N3CC(CC#N)(n4cc(-c5ncnc6c5ccn6COCC[Si](C)(C)C)cn4)C3)CC2)nc(C(F)(F)F)n1. The minimum atomic E-state index is -4.89. The molecule has 6 rings (SSSR count). The summed E-state index contributed by atoms with van der Waals surface area (Å²) in [4.78, 5) is 18.3. The predicted molar refractivity (Wildman–Crippen MR) is 186 cm³/mol. The molecule has 4 aromatic rings. The van der Waals surface area contributed by atoms with Crippen molar-refractivity contribution in [1.82, 2.24) is 39.2 Å². The van der Waals surface area contributed by atoms with Gasteiger partial charge in [0, 0.05) is 63.2 Å². The predicted octanol–water partition coefficient (Wildman–Crippen LogP) is 5.21. The van der Waals surface area contributed by atoms with Crippen LogP contribution in [0.1, 0.15) is 43.6 Å². The maximum atomic E-state index is 13.5. The molecule has 0 amide bonds. The summed E-state index contributed by atoms with van der Waals surface area (Å²) in [7, 11) is -4.39. The van der Waals surface area contributed by atoms with Gasteiger partial charge in [-0.15, -0.1) is 0 Å². The van der Waals surface area contributed by atoms with Crippen molar-refractivity contribution in [3.63, 3.8) is 0 Å². The van der Waals surface area contributed by atoms with Gasteiger partial charge in [-0.1, -0.05) is 19.6 Å². The molecule has 1 saturated carbocycles. The molecule has 2 fully saturated rings. The number of aromatic nitrogens is 7. The molecular formula is C33H42F3N9O5SSi. The first kappa shape index (κ1) is 37.8. The first-order valence-electron chi connectivity index (χ1n) is 17.0. The third-order valence-corrected chi connectivity index (χ3v) is 12.4. The third-order valence-electron chi connectivity index (χ3n) is 9.56. The molecule has 4 aromatic heterocycles. The topological polar surface area (TPSA) is 163 Å². The van der Waals surface area contributed by atoms with E-state index in [1.165, 1.54) is 6.33 Å². The maximum absolute atomic E-state index is 13.5. The van der Waals surface area contributed by atoms with E-state index in [-0.39, 0.29) is 24.0 Å². The van der Waals surface area contributed by atoms with Crippen molar-refractivity contribution in [3.05, 3.63) is 48.6 Å². The van der Waals surface area contributed by atoms with Gasteiger partial charge in [0.05, 0.1) is 37.2 Å². The van der Waals surface area contributed by atoms with Crippen LogP contribution in [0, 0.1) is 11.3 Å². The lowest BCUT2D eigenvalue weighted by atomic mass is 9.82. The summed E-state index contributed by atoms with van der Waals surface area (Å²) in [5.41, 5.74) is 1.45. The molecule has 0 spiro atoms. The molecule has 19 heteroatoms. The fourth-order valence-electron chi connectivity index (χ4n) is 6.71. The van der Waals surface area contributed by atoms with Gasteiger partial charge < -0.3 is 14.0 Å². The fraction of sp³-hybridized carbons (Fsp3) is 0.576. The molecule has 0 N–H and O–H groups in total. The lowest BCUT2D eigenvalue weighted by molar-refractivity contribution is -0.145. The summed E-state index contributed by atoms with van der Waals surface area (Å²) >= 11 is 0. The van der Waals surface area contributed by atoms with Crippen molar-refractivity contribution >= 4 is 29.2 Å². The molecule has 2 aliphatic rings. The van der Waals surface area contributed by atoms with E-state index in [1.54, 1.807) is 6.20 Å². The van der Waals surface area contributed by atoms with Gasteiger partial charge in [-0.2, -0.15) is 36.9 Å². The van der Waals surface area contributed by atoms with Crippen LogP contribution in [-0.4, -0.2) is 94.6 Å². The second-order valence-corrected chi connectivity index (χ2v) is 22.0. The van der Waals surface area contributed by atoms with Crippen LogP contribution in [0.3, 0.4) is 0 Å². The Balaban J connectivity index is 1.08. The number of fused-ring (bicyclic) bond motifs is 1. The average Bonchev–Trinajstić information content (AvgIpc) is 3.72. The lowest BCUT2D eigenvalue weighted by Crippen LogP contribution is -2.65. The average molecular weight is 762 g/mol. The van der Waals surface area contributed by atoms with Gasteiger partial charge in [-0.3, -0.25) is 13.8 Å². The molecular weight excluding hydrogens is 720 g/mol. The second kappa shape index (κ2) is 14.8. The van der Waals surface area contributed by atoms with E-state index in [9.17, 15) is 26.9 Å². The molecule has 52 heavy (non-hydrogen) atoms. The summed E-state index contributed by atoms with van der Waals surface area (Å²) in [6.45, 7) is 9.28. The Bertz CT molecular complexity index is 2030. The number of halogens is 3. The fourth-order valence-corrected chi connectivity index (χ4v) is 8.09. The number of ether oxygens (including phenoxy) is 2. The van der Waals surface area contributed by atoms with Gasteiger partial charge in [0.15, 0.2) is 0 Å². The summed E-state index contributed by atoms with van der Waals surface area (Å²) in [5.74, 6) is -2.65. The summed E-state index contributed by atoms with van der Waals surface area (Å²) in [6.07, 6.45) is 4.71. The van der Waals surface area contributed by atoms with Crippen LogP contribution in [0.2, 0.25) is 25.7 Å². The molecule has 0 radical (unpaired) electrons. The molecule has 0 bridgehead atoms. The molecule has 1 saturated heterocycles. The second-order valence-electron chi connectivity index (χ2n) is 14.7. The number of hydrogen-bond donors (Lipinski definition) is 0. The van der Waals surface area contributed by atoms with E-state index in [4.69, 9.17) is 14.6 Å². The Kier molecular flexibility index (Phi) is 10.8. The molecule has 0 unspecified atom stereocenters. The Morgan fingerprint density at radius 1 is 1.12 bits per heavy atom. The molecule has 0 atom stereocenters. The van der Waals surface area contributed by atoms with Gasteiger partial charge in [-0.05, 0) is 37.8 Å². The Hall–Kier alpha value is -3.96. The van der Waals surface area contributed by atoms with Gasteiger partial charge in [0.1, 0.15) is 36.1 Å². The summed E-state index contributed by atoms with van der Waals surface area (Å²) < 4.78 is 84.2. The number of hydrogen-bond acceptors (Lipinski definition) is 12. The highest BCUT2D eigenvalue weighted by molar-refractivity contribution is 7.85. The van der Waals surface area contributed by atoms with Crippen LogP contribution in [-0.2, 0) is 43.2 Å². The number of likely N-dealkylation sites (tertiary alicyclic amines) is 1. The Labute approximate surface area is 301 Å². The Morgan fingerprint density at radius 2 is 1.87 bits per heavy atom. The van der Waals surface area contributed by atoms with E-state index in [0.29, 0.717) is 39.3 Å². The summed E-state index contributed by atoms with van der Waals surface area (Å²) in [6, 6.07) is 6.69. The largest absolute Gasteiger partial charge is 0.474 e. The van der Waals surface area contributed by atoms with E-state index >= 15 is 0 Å². The van der Waals surface area contributed by atoms with E-state index < -0.39 is 47.6 Å². The number of alkyl halides is 3. The van der Waals surface area contributed by atoms with Crippen molar-refractivity contribution in [3.8, 4) is 23.2 Å². The van der Waals surface area contributed by atoms with Crippen LogP contribution >= 0.6 is 0 Å². The van der Waals surface area contributed by atoms with Gasteiger partial charge in [0.25, 0.3) is 10.1 Å².